The minimum Gasteiger partial charge on any atom is -0.478 e. The summed E-state index contributed by atoms with van der Waals surface area (Å²) in [5.41, 5.74) is 0.182. The minimum absolute atomic E-state index is 0.00141. The highest BCUT2D eigenvalue weighted by molar-refractivity contribution is 7.92. The van der Waals surface area contributed by atoms with Crippen LogP contribution >= 0.6 is 23.2 Å². The van der Waals surface area contributed by atoms with Crippen molar-refractivity contribution in [1.82, 2.24) is 0 Å². The molecule has 0 saturated heterocycles. The molecule has 0 aliphatic heterocycles. The molecule has 110 valence electrons. The Hall–Kier alpha value is -1.76. The molecule has 2 aromatic carbocycles. The second-order valence-corrected chi connectivity index (χ2v) is 6.59. The fourth-order valence-electron chi connectivity index (χ4n) is 1.55. The van der Waals surface area contributed by atoms with Crippen LogP contribution in [0.5, 0.6) is 0 Å². The number of benzene rings is 2. The van der Waals surface area contributed by atoms with Crippen LogP contribution in [0.25, 0.3) is 0 Å². The molecule has 0 saturated carbocycles. The van der Waals surface area contributed by atoms with Crippen LogP contribution in [-0.2, 0) is 10.0 Å². The van der Waals surface area contributed by atoms with Crippen molar-refractivity contribution in [3.8, 4) is 0 Å². The van der Waals surface area contributed by atoms with E-state index in [1.165, 1.54) is 42.5 Å². The summed E-state index contributed by atoms with van der Waals surface area (Å²) in [6, 6.07) is 9.17. The molecule has 0 atom stereocenters. The molecule has 5 nitrogen and oxygen atoms in total. The molecule has 0 amide bonds. The second-order valence-electron chi connectivity index (χ2n) is 4.06. The first-order chi connectivity index (χ1) is 9.79. The Bertz CT molecular complexity index is 788. The van der Waals surface area contributed by atoms with Gasteiger partial charge >= 0.3 is 5.97 Å². The summed E-state index contributed by atoms with van der Waals surface area (Å²) in [4.78, 5) is 10.7. The molecule has 0 aliphatic rings. The first kappa shape index (κ1) is 15.6. The summed E-state index contributed by atoms with van der Waals surface area (Å²) >= 11 is 11.6. The largest absolute Gasteiger partial charge is 0.478 e. The summed E-state index contributed by atoms with van der Waals surface area (Å²) in [5.74, 6) is -1.13. The summed E-state index contributed by atoms with van der Waals surface area (Å²) in [6.45, 7) is 0. The van der Waals surface area contributed by atoms with Crippen molar-refractivity contribution in [1.29, 1.82) is 0 Å². The Morgan fingerprint density at radius 2 is 1.67 bits per heavy atom. The van der Waals surface area contributed by atoms with Crippen molar-refractivity contribution in [3.63, 3.8) is 0 Å². The van der Waals surface area contributed by atoms with E-state index in [-0.39, 0.29) is 21.2 Å². The van der Waals surface area contributed by atoms with Crippen LogP contribution in [-0.4, -0.2) is 19.5 Å². The molecule has 21 heavy (non-hydrogen) atoms. The molecular weight excluding hydrogens is 337 g/mol. The molecule has 0 radical (unpaired) electrons. The molecule has 0 heterocycles. The molecular formula is C13H9Cl2NO4S. The number of hydrogen-bond acceptors (Lipinski definition) is 3. The molecule has 2 N–H and O–H groups in total. The number of carbonyl (C=O) groups is 1. The lowest BCUT2D eigenvalue weighted by molar-refractivity contribution is 0.0697. The third kappa shape index (κ3) is 3.66. The van der Waals surface area contributed by atoms with Gasteiger partial charge < -0.3 is 5.11 Å². The van der Waals surface area contributed by atoms with Crippen LogP contribution in [0.2, 0.25) is 10.0 Å². The van der Waals surface area contributed by atoms with E-state index in [0.717, 1.165) is 0 Å². The first-order valence-electron chi connectivity index (χ1n) is 5.61. The van der Waals surface area contributed by atoms with Crippen LogP contribution in [0.1, 0.15) is 10.4 Å². The fourth-order valence-corrected chi connectivity index (χ4v) is 3.14. The Morgan fingerprint density at radius 1 is 1.05 bits per heavy atom. The van der Waals surface area contributed by atoms with Crippen molar-refractivity contribution < 1.29 is 18.3 Å². The predicted molar refractivity (Wildman–Crippen MR) is 80.7 cm³/mol. The molecule has 0 spiro atoms. The van der Waals surface area contributed by atoms with Gasteiger partial charge in [0.15, 0.2) is 0 Å². The number of hydrogen-bond donors (Lipinski definition) is 2. The summed E-state index contributed by atoms with van der Waals surface area (Å²) in [7, 11) is -3.86. The van der Waals surface area contributed by atoms with Gasteiger partial charge in [0, 0.05) is 5.02 Å². The number of sulfonamides is 1. The summed E-state index contributed by atoms with van der Waals surface area (Å²) in [5, 5.41) is 9.32. The Balaban J connectivity index is 2.31. The van der Waals surface area contributed by atoms with Crippen molar-refractivity contribution >= 4 is 44.9 Å². The van der Waals surface area contributed by atoms with E-state index in [4.69, 9.17) is 28.3 Å². The van der Waals surface area contributed by atoms with E-state index in [2.05, 4.69) is 4.72 Å². The predicted octanol–water partition coefficient (Wildman–Crippen LogP) is 3.49. The van der Waals surface area contributed by atoms with Crippen molar-refractivity contribution in [3.05, 3.63) is 58.1 Å². The summed E-state index contributed by atoms with van der Waals surface area (Å²) < 4.78 is 26.7. The number of carboxylic acids is 1. The van der Waals surface area contributed by atoms with Gasteiger partial charge in [-0.15, -0.1) is 0 Å². The number of nitrogens with one attached hydrogen (secondary N) is 1. The third-order valence-corrected chi connectivity index (χ3v) is 4.52. The molecule has 0 unspecified atom stereocenters. The molecule has 0 aliphatic carbocycles. The van der Waals surface area contributed by atoms with E-state index < -0.39 is 16.0 Å². The lowest BCUT2D eigenvalue weighted by Crippen LogP contribution is -2.13. The van der Waals surface area contributed by atoms with E-state index in [0.29, 0.717) is 5.02 Å². The molecule has 0 fully saturated rings. The lowest BCUT2D eigenvalue weighted by atomic mass is 10.2. The fraction of sp³-hybridized carbons (Fsp3) is 0. The van der Waals surface area contributed by atoms with Gasteiger partial charge in [0.05, 0.1) is 21.2 Å². The zero-order valence-corrected chi connectivity index (χ0v) is 12.7. The SMILES string of the molecule is O=C(O)c1ccc(S(=O)(=O)Nc2ccc(Cl)cc2Cl)cc1. The minimum atomic E-state index is -3.86. The van der Waals surface area contributed by atoms with Gasteiger partial charge in [-0.05, 0) is 42.5 Å². The topological polar surface area (TPSA) is 83.5 Å². The van der Waals surface area contributed by atoms with Crippen molar-refractivity contribution in [2.75, 3.05) is 4.72 Å². The third-order valence-electron chi connectivity index (χ3n) is 2.59. The van der Waals surface area contributed by atoms with Gasteiger partial charge in [0.1, 0.15) is 0 Å². The number of carboxylic acid groups (broad SMARTS) is 1. The highest BCUT2D eigenvalue weighted by atomic mass is 35.5. The van der Waals surface area contributed by atoms with E-state index >= 15 is 0 Å². The molecule has 2 aromatic rings. The zero-order valence-electron chi connectivity index (χ0n) is 10.4. The van der Waals surface area contributed by atoms with E-state index in [9.17, 15) is 13.2 Å². The lowest BCUT2D eigenvalue weighted by Gasteiger charge is -2.10. The molecule has 0 bridgehead atoms. The van der Waals surface area contributed by atoms with Gasteiger partial charge in [0.2, 0.25) is 0 Å². The van der Waals surface area contributed by atoms with E-state index in [1.54, 1.807) is 0 Å². The molecule has 2 rings (SSSR count). The van der Waals surface area contributed by atoms with Crippen LogP contribution in [0.4, 0.5) is 5.69 Å². The monoisotopic (exact) mass is 345 g/mol. The maximum atomic E-state index is 12.2. The number of anilines is 1. The van der Waals surface area contributed by atoms with Gasteiger partial charge in [-0.2, -0.15) is 0 Å². The van der Waals surface area contributed by atoms with Crippen molar-refractivity contribution in [2.24, 2.45) is 0 Å². The van der Waals surface area contributed by atoms with Crippen LogP contribution in [0, 0.1) is 0 Å². The number of halogens is 2. The first-order valence-corrected chi connectivity index (χ1v) is 7.85. The second kappa shape index (κ2) is 5.93. The van der Waals surface area contributed by atoms with Crippen LogP contribution in [0.15, 0.2) is 47.4 Å². The van der Waals surface area contributed by atoms with Crippen LogP contribution < -0.4 is 4.72 Å². The Morgan fingerprint density at radius 3 is 2.19 bits per heavy atom. The van der Waals surface area contributed by atoms with E-state index in [1.807, 2.05) is 0 Å². The highest BCUT2D eigenvalue weighted by Gasteiger charge is 2.16. The van der Waals surface area contributed by atoms with Crippen molar-refractivity contribution in [2.45, 2.75) is 4.90 Å². The van der Waals surface area contributed by atoms with Gasteiger partial charge in [-0.25, -0.2) is 13.2 Å². The normalized spacial score (nSPS) is 11.1. The van der Waals surface area contributed by atoms with Crippen LogP contribution in [0.3, 0.4) is 0 Å². The van der Waals surface area contributed by atoms with Gasteiger partial charge in [-0.3, -0.25) is 4.72 Å². The average Bonchev–Trinajstić information content (AvgIpc) is 2.42. The standard InChI is InChI=1S/C13H9Cl2NO4S/c14-9-3-6-12(11(15)7-9)16-21(19,20)10-4-1-8(2-5-10)13(17)18/h1-7,16H,(H,17,18). The quantitative estimate of drug-likeness (QED) is 0.888. The highest BCUT2D eigenvalue weighted by Crippen LogP contribution is 2.27. The summed E-state index contributed by atoms with van der Waals surface area (Å²) in [6.07, 6.45) is 0. The Labute approximate surface area is 131 Å². The zero-order chi connectivity index (χ0) is 15.6. The maximum Gasteiger partial charge on any atom is 0.335 e. The maximum absolute atomic E-state index is 12.2. The molecule has 8 heteroatoms. The Kier molecular flexibility index (Phi) is 4.41. The van der Waals surface area contributed by atoms with Gasteiger partial charge in [0.25, 0.3) is 10.0 Å². The smallest absolute Gasteiger partial charge is 0.335 e. The number of aromatic carboxylic acids is 1. The average molecular weight is 346 g/mol. The molecule has 0 aromatic heterocycles. The number of rotatable bonds is 4. The van der Waals surface area contributed by atoms with Gasteiger partial charge in [-0.1, -0.05) is 23.2 Å².